The molecular formula is C28H31N5O2. The third-order valence-electron chi connectivity index (χ3n) is 7.23. The normalized spacial score (nSPS) is 23.4. The molecule has 0 bridgehead atoms. The maximum atomic E-state index is 14.0. The van der Waals surface area contributed by atoms with Crippen LogP contribution >= 0.6 is 0 Å². The maximum absolute atomic E-state index is 14.0. The Bertz CT molecular complexity index is 1150. The van der Waals surface area contributed by atoms with E-state index < -0.39 is 0 Å². The van der Waals surface area contributed by atoms with E-state index >= 15 is 0 Å². The zero-order chi connectivity index (χ0) is 24.2. The van der Waals surface area contributed by atoms with Gasteiger partial charge >= 0.3 is 6.03 Å². The molecule has 2 saturated heterocycles. The molecule has 2 aromatic carbocycles. The van der Waals surface area contributed by atoms with Crippen molar-refractivity contribution >= 4 is 17.9 Å². The van der Waals surface area contributed by atoms with Crippen LogP contribution in [0.3, 0.4) is 0 Å². The van der Waals surface area contributed by atoms with Crippen molar-refractivity contribution in [2.45, 2.75) is 44.2 Å². The highest BCUT2D eigenvalue weighted by Gasteiger charge is 2.46. The molecule has 0 N–H and O–H groups in total. The largest absolute Gasteiger partial charge is 0.497 e. The van der Waals surface area contributed by atoms with Gasteiger partial charge in [0.15, 0.2) is 5.82 Å². The first-order valence-corrected chi connectivity index (χ1v) is 12.4. The summed E-state index contributed by atoms with van der Waals surface area (Å²) in [7, 11) is 1.63. The van der Waals surface area contributed by atoms with Gasteiger partial charge in [0.1, 0.15) is 11.8 Å². The van der Waals surface area contributed by atoms with E-state index in [4.69, 9.17) is 9.73 Å². The van der Waals surface area contributed by atoms with Crippen LogP contribution < -0.4 is 9.64 Å². The number of hydrogen-bond donors (Lipinski definition) is 0. The quantitative estimate of drug-likeness (QED) is 0.589. The number of rotatable bonds is 5. The van der Waals surface area contributed by atoms with Crippen LogP contribution in [0.2, 0.25) is 0 Å². The number of hydrogen-bond acceptors (Lipinski definition) is 5. The second-order valence-electron chi connectivity index (χ2n) is 9.28. The van der Waals surface area contributed by atoms with E-state index in [9.17, 15) is 10.1 Å². The summed E-state index contributed by atoms with van der Waals surface area (Å²) in [4.78, 5) is 24.9. The Morgan fingerprint density at radius 1 is 1.00 bits per heavy atom. The van der Waals surface area contributed by atoms with Crippen molar-refractivity contribution in [3.63, 3.8) is 0 Å². The van der Waals surface area contributed by atoms with Gasteiger partial charge in [-0.2, -0.15) is 5.26 Å². The predicted molar refractivity (Wildman–Crippen MR) is 136 cm³/mol. The van der Waals surface area contributed by atoms with Gasteiger partial charge < -0.3 is 9.64 Å². The molecule has 7 nitrogen and oxygen atoms in total. The van der Waals surface area contributed by atoms with E-state index in [-0.39, 0.29) is 18.1 Å². The predicted octanol–water partition coefficient (Wildman–Crippen LogP) is 4.81. The summed E-state index contributed by atoms with van der Waals surface area (Å²) in [5, 5.41) is 10.5. The maximum Gasteiger partial charge on any atom is 0.330 e. The lowest BCUT2D eigenvalue weighted by Gasteiger charge is -2.45. The second-order valence-corrected chi connectivity index (χ2v) is 9.28. The van der Waals surface area contributed by atoms with Crippen molar-refractivity contribution in [1.82, 2.24) is 9.80 Å². The van der Waals surface area contributed by atoms with E-state index in [0.29, 0.717) is 23.6 Å². The van der Waals surface area contributed by atoms with Crippen molar-refractivity contribution < 1.29 is 9.53 Å². The smallest absolute Gasteiger partial charge is 0.330 e. The third-order valence-corrected chi connectivity index (χ3v) is 7.23. The van der Waals surface area contributed by atoms with Crippen molar-refractivity contribution in [1.29, 1.82) is 5.26 Å². The lowest BCUT2D eigenvalue weighted by molar-refractivity contribution is 0.132. The molecule has 2 fully saturated rings. The third kappa shape index (κ3) is 4.54. The average molecular weight is 470 g/mol. The molecule has 2 aromatic rings. The highest BCUT2D eigenvalue weighted by atomic mass is 16.5. The summed E-state index contributed by atoms with van der Waals surface area (Å²) in [5.41, 5.74) is 2.15. The highest BCUT2D eigenvalue weighted by molar-refractivity contribution is 5.98. The first kappa shape index (κ1) is 23.1. The Balaban J connectivity index is 1.63. The van der Waals surface area contributed by atoms with Gasteiger partial charge in [-0.3, -0.25) is 4.90 Å². The van der Waals surface area contributed by atoms with E-state index in [0.717, 1.165) is 43.7 Å². The molecule has 0 aliphatic carbocycles. The monoisotopic (exact) mass is 469 g/mol. The first-order chi connectivity index (χ1) is 17.2. The second kappa shape index (κ2) is 10.3. The minimum Gasteiger partial charge on any atom is -0.497 e. The van der Waals surface area contributed by atoms with Gasteiger partial charge in [0.05, 0.1) is 24.4 Å². The fourth-order valence-corrected chi connectivity index (χ4v) is 5.51. The number of benzene rings is 2. The molecule has 0 saturated carbocycles. The van der Waals surface area contributed by atoms with Crippen molar-refractivity contribution in [2.75, 3.05) is 31.6 Å². The number of aliphatic imine (C=N–C) groups is 1. The van der Waals surface area contributed by atoms with Crippen molar-refractivity contribution in [3.05, 3.63) is 71.6 Å². The summed E-state index contributed by atoms with van der Waals surface area (Å²) >= 11 is 0. The molecule has 0 spiro atoms. The number of methoxy groups -OCH3 is 1. The van der Waals surface area contributed by atoms with Crippen LogP contribution in [0.4, 0.5) is 10.5 Å². The molecule has 0 radical (unpaired) electrons. The molecule has 2 amide bonds. The lowest BCUT2D eigenvalue weighted by atomic mass is 9.93. The summed E-state index contributed by atoms with van der Waals surface area (Å²) < 4.78 is 5.26. The summed E-state index contributed by atoms with van der Waals surface area (Å²) in [6.07, 6.45) is 7.05. The fraction of sp³-hybridized carbons (Fsp3) is 0.393. The van der Waals surface area contributed by atoms with Gasteiger partial charge in [-0.25, -0.2) is 14.7 Å². The zero-order valence-corrected chi connectivity index (χ0v) is 20.1. The van der Waals surface area contributed by atoms with Crippen LogP contribution in [0.5, 0.6) is 5.75 Å². The molecule has 7 heteroatoms. The van der Waals surface area contributed by atoms with Gasteiger partial charge in [-0.15, -0.1) is 0 Å². The number of nitriles is 1. The number of nitrogens with zero attached hydrogens (tertiary/aromatic N) is 5. The molecule has 3 heterocycles. The van der Waals surface area contributed by atoms with E-state index in [1.807, 2.05) is 59.5 Å². The van der Waals surface area contributed by atoms with Gasteiger partial charge in [0.2, 0.25) is 0 Å². The van der Waals surface area contributed by atoms with E-state index in [2.05, 4.69) is 11.0 Å². The minimum absolute atomic E-state index is 0.104. The number of para-hydroxylation sites is 1. The molecule has 0 aromatic heterocycles. The number of urea groups is 1. The molecule has 2 atom stereocenters. The van der Waals surface area contributed by atoms with E-state index in [1.54, 1.807) is 18.2 Å². The fourth-order valence-electron chi connectivity index (χ4n) is 5.51. The molecule has 35 heavy (non-hydrogen) atoms. The number of fused-ring (bicyclic) bond motifs is 1. The summed E-state index contributed by atoms with van der Waals surface area (Å²) in [6.45, 7) is 2.70. The first-order valence-electron chi connectivity index (χ1n) is 12.4. The Labute approximate surface area is 206 Å². The summed E-state index contributed by atoms with van der Waals surface area (Å²) in [5.74, 6) is 1.19. The average Bonchev–Trinajstić information content (AvgIpc) is 3.35. The van der Waals surface area contributed by atoms with Gasteiger partial charge in [0, 0.05) is 18.8 Å². The zero-order valence-electron chi connectivity index (χ0n) is 20.1. The summed E-state index contributed by atoms with van der Waals surface area (Å²) in [6, 6.07) is 19.3. The Kier molecular flexibility index (Phi) is 6.82. The van der Waals surface area contributed by atoms with Gasteiger partial charge in [0.25, 0.3) is 0 Å². The molecule has 3 aliphatic rings. The molecule has 2 unspecified atom stereocenters. The molecule has 3 aliphatic heterocycles. The number of likely N-dealkylation sites (tertiary alicyclic amines) is 1. The van der Waals surface area contributed by atoms with E-state index in [1.165, 1.54) is 12.8 Å². The standard InChI is InChI=1S/C28H31N5O2/c1-35-23-14-12-21(13-15-23)20-30-27-24(19-29)26-25(31-16-7-8-17-31)11-5-6-18-32(26)28(34)33(27)22-9-3-2-4-10-22/h2-4,9-10,12-15,20,25-26H,5-8,11,16-18H2,1H3/b30-20+. The Hall–Kier alpha value is -3.63. The number of carbonyl (C=O) groups is 1. The Morgan fingerprint density at radius 2 is 1.71 bits per heavy atom. The molecular weight excluding hydrogens is 438 g/mol. The minimum atomic E-state index is -0.281. The van der Waals surface area contributed by atoms with Crippen LogP contribution in [-0.4, -0.2) is 60.9 Å². The van der Waals surface area contributed by atoms with Crippen LogP contribution in [0.1, 0.15) is 37.7 Å². The lowest BCUT2D eigenvalue weighted by Crippen LogP contribution is -2.59. The molecule has 5 rings (SSSR count). The highest BCUT2D eigenvalue weighted by Crippen LogP contribution is 2.37. The number of anilines is 1. The van der Waals surface area contributed by atoms with Crippen LogP contribution in [0.25, 0.3) is 0 Å². The number of ether oxygens (including phenoxy) is 1. The van der Waals surface area contributed by atoms with Crippen LogP contribution in [0.15, 0.2) is 71.0 Å². The Morgan fingerprint density at radius 3 is 2.40 bits per heavy atom. The topological polar surface area (TPSA) is 72.2 Å². The van der Waals surface area contributed by atoms with Crippen molar-refractivity contribution in [2.24, 2.45) is 4.99 Å². The van der Waals surface area contributed by atoms with Crippen LogP contribution in [0, 0.1) is 11.3 Å². The van der Waals surface area contributed by atoms with Gasteiger partial charge in [-0.05, 0) is 80.7 Å². The number of amides is 2. The SMILES string of the molecule is COc1ccc(/C=N/C2=C(C#N)C3C(N4CCCC4)CCCCN3C(=O)N2c2ccccc2)cc1. The van der Waals surface area contributed by atoms with Crippen molar-refractivity contribution in [3.8, 4) is 11.8 Å². The van der Waals surface area contributed by atoms with Crippen LogP contribution in [-0.2, 0) is 0 Å². The molecule has 180 valence electrons. The van der Waals surface area contributed by atoms with Gasteiger partial charge in [-0.1, -0.05) is 24.6 Å². The number of carbonyl (C=O) groups excluding carboxylic acids is 1.